The lowest BCUT2D eigenvalue weighted by Gasteiger charge is -2.15. The summed E-state index contributed by atoms with van der Waals surface area (Å²) in [5.74, 6) is -1.83. The first-order chi connectivity index (χ1) is 18.4. The Morgan fingerprint density at radius 1 is 0.711 bits per heavy atom. The zero-order valence-corrected chi connectivity index (χ0v) is 22.7. The van der Waals surface area contributed by atoms with E-state index >= 15 is 4.39 Å². The molecule has 204 valence electrons. The van der Waals surface area contributed by atoms with Gasteiger partial charge in [-0.05, 0) is 71.8 Å². The van der Waals surface area contributed by atoms with E-state index in [0.29, 0.717) is 28.9 Å². The molecule has 0 aromatic heterocycles. The van der Waals surface area contributed by atoms with Crippen molar-refractivity contribution in [1.82, 2.24) is 0 Å². The summed E-state index contributed by atoms with van der Waals surface area (Å²) < 4.78 is 35.9. The minimum Gasteiger partial charge on any atom is -0.491 e. The number of halogens is 2. The van der Waals surface area contributed by atoms with Crippen LogP contribution in [-0.4, -0.2) is 17.7 Å². The molecular formula is C33H40F2O3. The van der Waals surface area contributed by atoms with Crippen LogP contribution in [0.3, 0.4) is 0 Å². The second-order valence-electron chi connectivity index (χ2n) is 9.95. The lowest BCUT2D eigenvalue weighted by molar-refractivity contribution is 0.0697. The maximum Gasteiger partial charge on any atom is 0.335 e. The summed E-state index contributed by atoms with van der Waals surface area (Å²) in [4.78, 5) is 11.7. The van der Waals surface area contributed by atoms with Gasteiger partial charge in [0.1, 0.15) is 5.82 Å². The van der Waals surface area contributed by atoms with Gasteiger partial charge in [0.2, 0.25) is 0 Å². The van der Waals surface area contributed by atoms with Gasteiger partial charge >= 0.3 is 5.97 Å². The monoisotopic (exact) mass is 522 g/mol. The van der Waals surface area contributed by atoms with Crippen LogP contribution in [0.25, 0.3) is 22.3 Å². The number of benzene rings is 3. The predicted molar refractivity (Wildman–Crippen MR) is 151 cm³/mol. The Hall–Kier alpha value is -3.21. The number of rotatable bonds is 16. The molecule has 3 aromatic rings. The van der Waals surface area contributed by atoms with Gasteiger partial charge in [-0.15, -0.1) is 0 Å². The van der Waals surface area contributed by atoms with Gasteiger partial charge < -0.3 is 9.84 Å². The molecule has 3 rings (SSSR count). The first-order valence-electron chi connectivity index (χ1n) is 14.0. The topological polar surface area (TPSA) is 46.5 Å². The van der Waals surface area contributed by atoms with Crippen LogP contribution in [0.4, 0.5) is 8.78 Å². The second kappa shape index (κ2) is 15.3. The molecular weight excluding hydrogens is 482 g/mol. The van der Waals surface area contributed by atoms with Crippen molar-refractivity contribution in [2.24, 2.45) is 0 Å². The van der Waals surface area contributed by atoms with Crippen LogP contribution in [0, 0.1) is 11.6 Å². The molecule has 0 spiro atoms. The molecule has 0 atom stereocenters. The summed E-state index contributed by atoms with van der Waals surface area (Å²) in [6, 6.07) is 14.4. The lowest BCUT2D eigenvalue weighted by atomic mass is 9.91. The molecule has 0 aliphatic carbocycles. The highest BCUT2D eigenvalue weighted by Gasteiger charge is 2.17. The average molecular weight is 523 g/mol. The van der Waals surface area contributed by atoms with Crippen molar-refractivity contribution >= 4 is 5.97 Å². The molecule has 1 N–H and O–H groups in total. The van der Waals surface area contributed by atoms with Crippen LogP contribution >= 0.6 is 0 Å². The average Bonchev–Trinajstić information content (AvgIpc) is 2.91. The van der Waals surface area contributed by atoms with Crippen LogP contribution in [0.15, 0.2) is 54.6 Å². The Balaban J connectivity index is 1.83. The largest absolute Gasteiger partial charge is 0.491 e. The van der Waals surface area contributed by atoms with Crippen molar-refractivity contribution in [2.75, 3.05) is 6.61 Å². The third kappa shape index (κ3) is 8.41. The van der Waals surface area contributed by atoms with Crippen molar-refractivity contribution in [3.8, 4) is 28.0 Å². The van der Waals surface area contributed by atoms with E-state index in [2.05, 4.69) is 13.8 Å². The number of ether oxygens (including phenoxy) is 1. The number of hydrogen-bond donors (Lipinski definition) is 1. The van der Waals surface area contributed by atoms with E-state index in [4.69, 9.17) is 4.74 Å². The van der Waals surface area contributed by atoms with Crippen LogP contribution in [0.2, 0.25) is 0 Å². The van der Waals surface area contributed by atoms with Gasteiger partial charge in [0.05, 0.1) is 12.2 Å². The summed E-state index contributed by atoms with van der Waals surface area (Å²) in [6.45, 7) is 4.79. The van der Waals surface area contributed by atoms with E-state index in [0.717, 1.165) is 44.1 Å². The van der Waals surface area contributed by atoms with E-state index in [9.17, 15) is 14.3 Å². The number of hydrogen-bond acceptors (Lipinski definition) is 2. The van der Waals surface area contributed by atoms with E-state index in [1.54, 1.807) is 24.3 Å². The summed E-state index contributed by atoms with van der Waals surface area (Å²) in [6.07, 6.45) is 11.9. The third-order valence-corrected chi connectivity index (χ3v) is 6.91. The summed E-state index contributed by atoms with van der Waals surface area (Å²) >= 11 is 0. The Labute approximate surface area is 225 Å². The minimum absolute atomic E-state index is 0.0478. The van der Waals surface area contributed by atoms with Gasteiger partial charge in [-0.25, -0.2) is 13.6 Å². The number of aryl methyl sites for hydroxylation is 1. The molecule has 3 aromatic carbocycles. The molecule has 0 bridgehead atoms. The standard InChI is InChI=1S/C33H40F2O3/c1-3-5-7-9-11-13-24-14-17-28(30(34)21-24)29-22-26(33(36)37)15-18-27(29)25-16-19-32(31(35)23-25)38-20-12-10-8-6-4-2/h14-19,21-23H,3-13,20H2,1-2H3,(H,36,37). The molecule has 0 fully saturated rings. The molecule has 0 unspecified atom stereocenters. The van der Waals surface area contributed by atoms with E-state index in [1.165, 1.54) is 56.4 Å². The van der Waals surface area contributed by atoms with Crippen molar-refractivity contribution < 1.29 is 23.4 Å². The molecule has 0 saturated carbocycles. The molecule has 0 aliphatic heterocycles. The van der Waals surface area contributed by atoms with Gasteiger partial charge in [0.25, 0.3) is 0 Å². The normalized spacial score (nSPS) is 11.1. The predicted octanol–water partition coefficient (Wildman–Crippen LogP) is 9.86. The third-order valence-electron chi connectivity index (χ3n) is 6.91. The maximum absolute atomic E-state index is 15.3. The Kier molecular flexibility index (Phi) is 11.8. The van der Waals surface area contributed by atoms with Crippen LogP contribution in [0.1, 0.15) is 94.0 Å². The molecule has 3 nitrogen and oxygen atoms in total. The summed E-state index contributed by atoms with van der Waals surface area (Å²) in [5.41, 5.74) is 2.77. The van der Waals surface area contributed by atoms with E-state index in [-0.39, 0.29) is 11.3 Å². The van der Waals surface area contributed by atoms with Gasteiger partial charge in [0, 0.05) is 5.56 Å². The number of carboxylic acid groups (broad SMARTS) is 1. The molecule has 0 radical (unpaired) electrons. The summed E-state index contributed by atoms with van der Waals surface area (Å²) in [7, 11) is 0. The Bertz CT molecular complexity index is 1190. The van der Waals surface area contributed by atoms with E-state index in [1.807, 2.05) is 6.07 Å². The first kappa shape index (κ1) is 29.3. The Morgan fingerprint density at radius 3 is 2.05 bits per heavy atom. The number of aromatic carboxylic acids is 1. The SMILES string of the molecule is CCCCCCCOc1ccc(-c2ccc(C(=O)O)cc2-c2ccc(CCCCCCC)cc2F)cc1F. The Morgan fingerprint density at radius 2 is 1.39 bits per heavy atom. The maximum atomic E-state index is 15.3. The van der Waals surface area contributed by atoms with Crippen molar-refractivity contribution in [1.29, 1.82) is 0 Å². The first-order valence-corrected chi connectivity index (χ1v) is 14.0. The fraction of sp³-hybridized carbons (Fsp3) is 0.424. The number of unbranched alkanes of at least 4 members (excludes halogenated alkanes) is 8. The van der Waals surface area contributed by atoms with Crippen LogP contribution < -0.4 is 4.74 Å². The van der Waals surface area contributed by atoms with Crippen LogP contribution in [0.5, 0.6) is 5.75 Å². The lowest BCUT2D eigenvalue weighted by Crippen LogP contribution is -2.01. The number of carbonyl (C=O) groups is 1. The zero-order chi connectivity index (χ0) is 27.3. The highest BCUT2D eigenvalue weighted by molar-refractivity contribution is 5.93. The minimum atomic E-state index is -1.10. The smallest absolute Gasteiger partial charge is 0.335 e. The molecule has 0 heterocycles. The van der Waals surface area contributed by atoms with E-state index < -0.39 is 17.6 Å². The van der Waals surface area contributed by atoms with Crippen molar-refractivity contribution in [3.05, 3.63) is 77.4 Å². The second-order valence-corrected chi connectivity index (χ2v) is 9.95. The molecule has 0 saturated heterocycles. The molecule has 0 aliphatic rings. The molecule has 0 amide bonds. The molecule has 38 heavy (non-hydrogen) atoms. The molecule has 5 heteroatoms. The highest BCUT2D eigenvalue weighted by atomic mass is 19.1. The van der Waals surface area contributed by atoms with Gasteiger partial charge in [-0.3, -0.25) is 0 Å². The fourth-order valence-corrected chi connectivity index (χ4v) is 4.69. The van der Waals surface area contributed by atoms with Gasteiger partial charge in [0.15, 0.2) is 11.6 Å². The highest BCUT2D eigenvalue weighted by Crippen LogP contribution is 2.36. The van der Waals surface area contributed by atoms with Gasteiger partial charge in [-0.2, -0.15) is 0 Å². The summed E-state index contributed by atoms with van der Waals surface area (Å²) in [5, 5.41) is 9.55. The zero-order valence-electron chi connectivity index (χ0n) is 22.7. The van der Waals surface area contributed by atoms with Gasteiger partial charge in [-0.1, -0.05) is 89.5 Å². The number of carboxylic acids is 1. The van der Waals surface area contributed by atoms with Crippen LogP contribution in [-0.2, 0) is 6.42 Å². The van der Waals surface area contributed by atoms with Crippen molar-refractivity contribution in [3.63, 3.8) is 0 Å². The van der Waals surface area contributed by atoms with Crippen molar-refractivity contribution in [2.45, 2.75) is 84.5 Å². The quantitative estimate of drug-likeness (QED) is 0.190. The fourth-order valence-electron chi connectivity index (χ4n) is 4.69.